The van der Waals surface area contributed by atoms with Gasteiger partial charge < -0.3 is 15.0 Å². The first-order valence-electron chi connectivity index (χ1n) is 6.67. The van der Waals surface area contributed by atoms with Crippen molar-refractivity contribution in [1.29, 1.82) is 0 Å². The summed E-state index contributed by atoms with van der Waals surface area (Å²) in [6.07, 6.45) is 0. The van der Waals surface area contributed by atoms with E-state index in [1.54, 1.807) is 7.11 Å². The molecule has 1 aromatic carbocycles. The smallest absolute Gasteiger partial charge is 0.0587 e. The second-order valence-corrected chi connectivity index (χ2v) is 4.82. The van der Waals surface area contributed by atoms with E-state index in [0.29, 0.717) is 5.92 Å². The van der Waals surface area contributed by atoms with Gasteiger partial charge in [0.15, 0.2) is 0 Å². The Morgan fingerprint density at radius 2 is 1.94 bits per heavy atom. The van der Waals surface area contributed by atoms with Crippen LogP contribution in [0.15, 0.2) is 30.3 Å². The maximum Gasteiger partial charge on any atom is 0.0587 e. The molecule has 1 atom stereocenters. The predicted molar refractivity (Wildman–Crippen MR) is 77.1 cm³/mol. The van der Waals surface area contributed by atoms with Gasteiger partial charge in [-0.1, -0.05) is 37.3 Å². The van der Waals surface area contributed by atoms with Crippen LogP contribution in [0, 0.1) is 0 Å². The largest absolute Gasteiger partial charge is 0.383 e. The molecule has 0 aliphatic heterocycles. The van der Waals surface area contributed by atoms with Crippen LogP contribution in [0.3, 0.4) is 0 Å². The molecule has 1 rings (SSSR count). The zero-order chi connectivity index (χ0) is 13.2. The van der Waals surface area contributed by atoms with Gasteiger partial charge in [0.1, 0.15) is 0 Å². The first-order valence-corrected chi connectivity index (χ1v) is 6.67. The average Bonchev–Trinajstić information content (AvgIpc) is 2.39. The Morgan fingerprint density at radius 1 is 1.22 bits per heavy atom. The molecule has 0 aromatic heterocycles. The molecule has 0 radical (unpaired) electrons. The van der Waals surface area contributed by atoms with E-state index < -0.39 is 0 Å². The summed E-state index contributed by atoms with van der Waals surface area (Å²) in [6, 6.07) is 10.7. The molecular weight excluding hydrogens is 224 g/mol. The van der Waals surface area contributed by atoms with Crippen LogP contribution in [-0.2, 0) is 4.74 Å². The van der Waals surface area contributed by atoms with E-state index in [1.165, 1.54) is 5.56 Å². The van der Waals surface area contributed by atoms with Crippen molar-refractivity contribution >= 4 is 0 Å². The number of likely N-dealkylation sites (N-methyl/N-ethyl adjacent to an activating group) is 1. The van der Waals surface area contributed by atoms with Crippen molar-refractivity contribution in [2.45, 2.75) is 12.8 Å². The van der Waals surface area contributed by atoms with Crippen LogP contribution in [-0.4, -0.2) is 51.8 Å². The summed E-state index contributed by atoms with van der Waals surface area (Å²) in [5.74, 6) is 0.579. The molecule has 0 saturated carbocycles. The predicted octanol–water partition coefficient (Wildman–Crippen LogP) is 1.96. The Morgan fingerprint density at radius 3 is 2.61 bits per heavy atom. The molecule has 102 valence electrons. The summed E-state index contributed by atoms with van der Waals surface area (Å²) in [5, 5.41) is 3.36. The molecule has 0 bridgehead atoms. The number of methoxy groups -OCH3 is 1. The van der Waals surface area contributed by atoms with Crippen LogP contribution in [0.2, 0.25) is 0 Å². The molecule has 0 amide bonds. The topological polar surface area (TPSA) is 24.5 Å². The van der Waals surface area contributed by atoms with Crippen molar-refractivity contribution in [2.24, 2.45) is 0 Å². The van der Waals surface area contributed by atoms with Gasteiger partial charge >= 0.3 is 0 Å². The van der Waals surface area contributed by atoms with Crippen molar-refractivity contribution in [1.82, 2.24) is 10.2 Å². The minimum Gasteiger partial charge on any atom is -0.383 e. The van der Waals surface area contributed by atoms with Gasteiger partial charge in [0.25, 0.3) is 0 Å². The van der Waals surface area contributed by atoms with E-state index in [1.807, 2.05) is 0 Å². The Bertz CT molecular complexity index is 303. The number of nitrogens with one attached hydrogen (secondary N) is 1. The minimum absolute atomic E-state index is 0.579. The third-order valence-electron chi connectivity index (χ3n) is 3.11. The molecule has 1 N–H and O–H groups in total. The fourth-order valence-corrected chi connectivity index (χ4v) is 2.01. The molecule has 18 heavy (non-hydrogen) atoms. The number of nitrogens with zero attached hydrogens (tertiary/aromatic N) is 1. The fourth-order valence-electron chi connectivity index (χ4n) is 2.01. The highest BCUT2D eigenvalue weighted by Gasteiger charge is 2.07. The molecule has 3 nitrogen and oxygen atoms in total. The lowest BCUT2D eigenvalue weighted by molar-refractivity contribution is 0.197. The van der Waals surface area contributed by atoms with Crippen molar-refractivity contribution < 1.29 is 4.74 Å². The maximum absolute atomic E-state index is 5.00. The number of hydrogen-bond donors (Lipinski definition) is 1. The normalized spacial score (nSPS) is 12.9. The lowest BCUT2D eigenvalue weighted by atomic mass is 10.0. The Balaban J connectivity index is 2.17. The van der Waals surface area contributed by atoms with Gasteiger partial charge in [0.2, 0.25) is 0 Å². The maximum atomic E-state index is 5.00. The minimum atomic E-state index is 0.579. The monoisotopic (exact) mass is 250 g/mol. The highest BCUT2D eigenvalue weighted by molar-refractivity contribution is 5.18. The third-order valence-corrected chi connectivity index (χ3v) is 3.11. The van der Waals surface area contributed by atoms with Gasteiger partial charge in [-0.25, -0.2) is 0 Å². The molecule has 1 aromatic rings. The third kappa shape index (κ3) is 6.15. The summed E-state index contributed by atoms with van der Waals surface area (Å²) in [4.78, 5) is 2.37. The van der Waals surface area contributed by atoms with Gasteiger partial charge in [0, 0.05) is 33.3 Å². The van der Waals surface area contributed by atoms with Gasteiger partial charge in [-0.2, -0.15) is 0 Å². The molecule has 3 heteroatoms. The van der Waals surface area contributed by atoms with Gasteiger partial charge in [-0.15, -0.1) is 0 Å². The highest BCUT2D eigenvalue weighted by atomic mass is 16.5. The summed E-state index contributed by atoms with van der Waals surface area (Å²) >= 11 is 0. The van der Waals surface area contributed by atoms with Crippen LogP contribution in [0.1, 0.15) is 18.4 Å². The first-order chi connectivity index (χ1) is 8.74. The lowest BCUT2D eigenvalue weighted by Crippen LogP contribution is -2.32. The average molecular weight is 250 g/mol. The zero-order valence-electron chi connectivity index (χ0n) is 11.9. The molecule has 0 spiro atoms. The Kier molecular flexibility index (Phi) is 7.65. The zero-order valence-corrected chi connectivity index (χ0v) is 11.9. The van der Waals surface area contributed by atoms with Crippen molar-refractivity contribution in [2.75, 3.05) is 46.9 Å². The first kappa shape index (κ1) is 15.2. The number of ether oxygens (including phenoxy) is 1. The number of rotatable bonds is 9. The van der Waals surface area contributed by atoms with Gasteiger partial charge in [-0.3, -0.25) is 0 Å². The Labute approximate surface area is 111 Å². The van der Waals surface area contributed by atoms with Crippen molar-refractivity contribution in [3.63, 3.8) is 0 Å². The number of benzene rings is 1. The van der Waals surface area contributed by atoms with Crippen molar-refractivity contribution in [3.05, 3.63) is 35.9 Å². The van der Waals surface area contributed by atoms with Crippen LogP contribution >= 0.6 is 0 Å². The van der Waals surface area contributed by atoms with Crippen LogP contribution < -0.4 is 5.32 Å². The second-order valence-electron chi connectivity index (χ2n) is 4.82. The van der Waals surface area contributed by atoms with E-state index >= 15 is 0 Å². The van der Waals surface area contributed by atoms with Gasteiger partial charge in [0.05, 0.1) is 6.61 Å². The Hall–Kier alpha value is -0.900. The summed E-state index contributed by atoms with van der Waals surface area (Å²) in [5.41, 5.74) is 1.41. The fraction of sp³-hybridized carbons (Fsp3) is 0.600. The lowest BCUT2D eigenvalue weighted by Gasteiger charge is -2.21. The van der Waals surface area contributed by atoms with Crippen LogP contribution in [0.5, 0.6) is 0 Å². The summed E-state index contributed by atoms with van der Waals surface area (Å²) in [6.45, 7) is 7.17. The molecule has 0 saturated heterocycles. The van der Waals surface area contributed by atoms with E-state index in [-0.39, 0.29) is 0 Å². The molecule has 0 aliphatic carbocycles. The van der Waals surface area contributed by atoms with E-state index in [4.69, 9.17) is 4.74 Å². The summed E-state index contributed by atoms with van der Waals surface area (Å²) in [7, 11) is 3.91. The molecule has 0 aliphatic rings. The van der Waals surface area contributed by atoms with Crippen molar-refractivity contribution in [3.8, 4) is 0 Å². The quantitative estimate of drug-likeness (QED) is 0.678. The van der Waals surface area contributed by atoms with Crippen LogP contribution in [0.4, 0.5) is 0 Å². The van der Waals surface area contributed by atoms with Gasteiger partial charge in [-0.05, 0) is 18.5 Å². The molecule has 0 heterocycles. The number of hydrogen-bond acceptors (Lipinski definition) is 3. The molecule has 0 fully saturated rings. The summed E-state index contributed by atoms with van der Waals surface area (Å²) < 4.78 is 5.00. The highest BCUT2D eigenvalue weighted by Crippen LogP contribution is 2.14. The van der Waals surface area contributed by atoms with E-state index in [9.17, 15) is 0 Å². The SMILES string of the molecule is COCCNCCN(C)CC(C)c1ccccc1. The molecular formula is C15H26N2O. The standard InChI is InChI=1S/C15H26N2O/c1-14(15-7-5-4-6-8-15)13-17(2)11-9-16-10-12-18-3/h4-8,14,16H,9-13H2,1-3H3. The van der Waals surface area contributed by atoms with E-state index in [0.717, 1.165) is 32.8 Å². The molecule has 1 unspecified atom stereocenters. The second kappa shape index (κ2) is 9.09. The van der Waals surface area contributed by atoms with Crippen LogP contribution in [0.25, 0.3) is 0 Å². The van der Waals surface area contributed by atoms with E-state index in [2.05, 4.69) is 54.5 Å².